The van der Waals surface area contributed by atoms with Crippen molar-refractivity contribution in [2.75, 3.05) is 18.7 Å². The van der Waals surface area contributed by atoms with Gasteiger partial charge in [0.05, 0.1) is 17.7 Å². The molecule has 0 fully saturated rings. The predicted molar refractivity (Wildman–Crippen MR) is 113 cm³/mol. The fourth-order valence-electron chi connectivity index (χ4n) is 2.51. The third kappa shape index (κ3) is 4.97. The molecule has 1 amide bonds. The van der Waals surface area contributed by atoms with Gasteiger partial charge in [-0.25, -0.2) is 0 Å². The maximum absolute atomic E-state index is 12.7. The van der Waals surface area contributed by atoms with Crippen LogP contribution in [0.3, 0.4) is 0 Å². The van der Waals surface area contributed by atoms with E-state index in [1.807, 2.05) is 24.5 Å². The molecule has 1 N–H and O–H groups in total. The van der Waals surface area contributed by atoms with E-state index in [-0.39, 0.29) is 5.91 Å². The molecule has 3 rings (SSSR count). The molecular weight excluding hydrogens is 396 g/mol. The molecule has 28 heavy (non-hydrogen) atoms. The summed E-state index contributed by atoms with van der Waals surface area (Å²) in [6.45, 7) is 0.359. The summed E-state index contributed by atoms with van der Waals surface area (Å²) in [5.74, 6) is 0.821. The number of carbonyl (C=O) groups excluding carboxylic acids is 1. The van der Waals surface area contributed by atoms with E-state index in [1.165, 1.54) is 0 Å². The Hall–Kier alpha value is -2.70. The average Bonchev–Trinajstić information content (AvgIpc) is 2.73. The molecule has 5 nitrogen and oxygen atoms in total. The van der Waals surface area contributed by atoms with Gasteiger partial charge in [0.1, 0.15) is 6.61 Å². The number of aromatic nitrogens is 1. The number of nitrogens with one attached hydrogen (secondary N) is 1. The Morgan fingerprint density at radius 1 is 1.11 bits per heavy atom. The molecule has 2 aromatic carbocycles. The molecule has 1 aromatic heterocycles. The Bertz CT molecular complexity index is 967. The van der Waals surface area contributed by atoms with Gasteiger partial charge >= 0.3 is 0 Å². The lowest BCUT2D eigenvalue weighted by atomic mass is 10.2. The lowest BCUT2D eigenvalue weighted by molar-refractivity contribution is 0.102. The molecule has 0 atom stereocenters. The smallest absolute Gasteiger partial charge is 0.257 e. The first-order valence-corrected chi connectivity index (χ1v) is 10.1. The van der Waals surface area contributed by atoms with E-state index in [0.717, 1.165) is 10.5 Å². The van der Waals surface area contributed by atoms with Crippen molar-refractivity contribution in [1.82, 2.24) is 4.98 Å². The summed E-state index contributed by atoms with van der Waals surface area (Å²) in [7, 11) is 1.57. The van der Waals surface area contributed by atoms with E-state index in [2.05, 4.69) is 10.3 Å². The summed E-state index contributed by atoms with van der Waals surface area (Å²) in [6.07, 6.45) is 5.36. The molecule has 0 saturated carbocycles. The number of anilines is 1. The average molecular weight is 415 g/mol. The van der Waals surface area contributed by atoms with E-state index in [0.29, 0.717) is 34.4 Å². The molecule has 144 valence electrons. The van der Waals surface area contributed by atoms with Crippen LogP contribution in [0.25, 0.3) is 0 Å². The van der Waals surface area contributed by atoms with Crippen LogP contribution in [0.15, 0.2) is 65.8 Å². The van der Waals surface area contributed by atoms with Gasteiger partial charge in [-0.1, -0.05) is 11.6 Å². The first-order valence-electron chi connectivity index (χ1n) is 8.45. The largest absolute Gasteiger partial charge is 0.493 e. The molecule has 0 aliphatic heterocycles. The van der Waals surface area contributed by atoms with Crippen molar-refractivity contribution in [2.45, 2.75) is 11.5 Å². The molecule has 0 aliphatic carbocycles. The van der Waals surface area contributed by atoms with Gasteiger partial charge in [-0.2, -0.15) is 0 Å². The monoisotopic (exact) mass is 414 g/mol. The van der Waals surface area contributed by atoms with Crippen LogP contribution in [0.5, 0.6) is 11.5 Å². The van der Waals surface area contributed by atoms with Crippen LogP contribution in [0.2, 0.25) is 5.02 Å². The Kier molecular flexibility index (Phi) is 6.79. The van der Waals surface area contributed by atoms with Crippen LogP contribution in [0.1, 0.15) is 15.9 Å². The van der Waals surface area contributed by atoms with Crippen molar-refractivity contribution in [3.05, 3.63) is 77.1 Å². The second-order valence-corrected chi connectivity index (χ2v) is 7.10. The van der Waals surface area contributed by atoms with Crippen molar-refractivity contribution < 1.29 is 14.3 Å². The second kappa shape index (κ2) is 9.48. The van der Waals surface area contributed by atoms with Crippen LogP contribution in [0, 0.1) is 0 Å². The predicted octanol–water partition coefficient (Wildman–Crippen LogP) is 5.30. The lowest BCUT2D eigenvalue weighted by Gasteiger charge is -2.13. The molecule has 0 unspecified atom stereocenters. The third-order valence-electron chi connectivity index (χ3n) is 3.98. The lowest BCUT2D eigenvalue weighted by Crippen LogP contribution is -2.12. The van der Waals surface area contributed by atoms with Crippen molar-refractivity contribution >= 4 is 35.0 Å². The Labute approximate surface area is 173 Å². The van der Waals surface area contributed by atoms with Gasteiger partial charge in [0.15, 0.2) is 11.5 Å². The minimum absolute atomic E-state index is 0.286. The molecule has 0 aliphatic rings. The molecule has 0 spiro atoms. The Balaban J connectivity index is 1.78. The quantitative estimate of drug-likeness (QED) is 0.532. The molecule has 0 bridgehead atoms. The Morgan fingerprint density at radius 2 is 1.89 bits per heavy atom. The summed E-state index contributed by atoms with van der Waals surface area (Å²) in [5, 5.41) is 3.26. The highest BCUT2D eigenvalue weighted by Gasteiger charge is 2.13. The third-order valence-corrected chi connectivity index (χ3v) is 5.04. The number of ether oxygens (including phenoxy) is 2. The number of hydrogen-bond acceptors (Lipinski definition) is 5. The van der Waals surface area contributed by atoms with Crippen molar-refractivity contribution in [3.8, 4) is 11.5 Å². The summed E-state index contributed by atoms with van der Waals surface area (Å²) < 4.78 is 11.2. The highest BCUT2D eigenvalue weighted by molar-refractivity contribution is 7.98. The number of thioether (sulfide) groups is 1. The number of hydrogen-bond donors (Lipinski definition) is 1. The number of carbonyl (C=O) groups is 1. The zero-order valence-electron chi connectivity index (χ0n) is 15.4. The van der Waals surface area contributed by atoms with Gasteiger partial charge < -0.3 is 14.8 Å². The van der Waals surface area contributed by atoms with Crippen LogP contribution >= 0.6 is 23.4 Å². The second-order valence-electron chi connectivity index (χ2n) is 5.81. The van der Waals surface area contributed by atoms with Crippen molar-refractivity contribution in [2.24, 2.45) is 0 Å². The number of pyridine rings is 1. The maximum Gasteiger partial charge on any atom is 0.257 e. The van der Waals surface area contributed by atoms with Gasteiger partial charge in [-0.05, 0) is 54.3 Å². The van der Waals surface area contributed by atoms with E-state index in [1.54, 1.807) is 61.6 Å². The molecular formula is C21H19ClN2O3S. The standard InChI is InChI=1S/C21H19ClN2O3S/c1-26-19-6-3-15(11-20(19)27-13-14-7-9-23-10-8-14)24-21(25)17-12-16(28-2)4-5-18(17)22/h3-12H,13H2,1-2H3,(H,24,25). The highest BCUT2D eigenvalue weighted by atomic mass is 35.5. The fraction of sp³-hybridized carbons (Fsp3) is 0.143. The number of nitrogens with zero attached hydrogens (tertiary/aromatic N) is 1. The SMILES string of the molecule is COc1ccc(NC(=O)c2cc(SC)ccc2Cl)cc1OCc1ccncc1. The van der Waals surface area contributed by atoms with Gasteiger partial charge in [-0.3, -0.25) is 9.78 Å². The topological polar surface area (TPSA) is 60.5 Å². The Morgan fingerprint density at radius 3 is 2.61 bits per heavy atom. The maximum atomic E-state index is 12.7. The normalized spacial score (nSPS) is 10.4. The van der Waals surface area contributed by atoms with Gasteiger partial charge in [-0.15, -0.1) is 11.8 Å². The van der Waals surface area contributed by atoms with E-state index >= 15 is 0 Å². The summed E-state index contributed by atoms with van der Waals surface area (Å²) in [4.78, 5) is 17.6. The van der Waals surface area contributed by atoms with Crippen LogP contribution in [-0.4, -0.2) is 24.3 Å². The number of rotatable bonds is 7. The minimum atomic E-state index is -0.286. The van der Waals surface area contributed by atoms with Gasteiger partial charge in [0.25, 0.3) is 5.91 Å². The first-order chi connectivity index (χ1) is 13.6. The summed E-state index contributed by atoms with van der Waals surface area (Å²) in [5.41, 5.74) is 1.98. The van der Waals surface area contributed by atoms with E-state index in [4.69, 9.17) is 21.1 Å². The highest BCUT2D eigenvalue weighted by Crippen LogP contribution is 2.31. The van der Waals surface area contributed by atoms with E-state index in [9.17, 15) is 4.79 Å². The fourth-order valence-corrected chi connectivity index (χ4v) is 3.15. The van der Waals surface area contributed by atoms with Crippen molar-refractivity contribution in [1.29, 1.82) is 0 Å². The van der Waals surface area contributed by atoms with Crippen molar-refractivity contribution in [3.63, 3.8) is 0 Å². The summed E-state index contributed by atoms with van der Waals surface area (Å²) in [6, 6.07) is 14.3. The van der Waals surface area contributed by atoms with Crippen LogP contribution < -0.4 is 14.8 Å². The van der Waals surface area contributed by atoms with E-state index < -0.39 is 0 Å². The first kappa shape index (κ1) is 20.0. The molecule has 0 radical (unpaired) electrons. The molecule has 3 aromatic rings. The van der Waals surface area contributed by atoms with Gasteiger partial charge in [0, 0.05) is 29.0 Å². The van der Waals surface area contributed by atoms with Crippen LogP contribution in [-0.2, 0) is 6.61 Å². The number of methoxy groups -OCH3 is 1. The van der Waals surface area contributed by atoms with Gasteiger partial charge in [0.2, 0.25) is 0 Å². The van der Waals surface area contributed by atoms with Crippen LogP contribution in [0.4, 0.5) is 5.69 Å². The molecule has 7 heteroatoms. The number of benzene rings is 2. The molecule has 0 saturated heterocycles. The number of halogens is 1. The number of amides is 1. The molecule has 1 heterocycles. The minimum Gasteiger partial charge on any atom is -0.493 e. The zero-order valence-corrected chi connectivity index (χ0v) is 17.0. The summed E-state index contributed by atoms with van der Waals surface area (Å²) >= 11 is 7.74. The zero-order chi connectivity index (χ0) is 19.9.